The second kappa shape index (κ2) is 6.96. The number of aryl methyl sites for hydroxylation is 2. The summed E-state index contributed by atoms with van der Waals surface area (Å²) in [6, 6.07) is 11.2. The Morgan fingerprint density at radius 1 is 1.19 bits per heavy atom. The summed E-state index contributed by atoms with van der Waals surface area (Å²) < 4.78 is 5.97. The van der Waals surface area contributed by atoms with Gasteiger partial charge in [0.2, 0.25) is 0 Å². The number of fused-ring (bicyclic) bond motifs is 1. The Morgan fingerprint density at radius 3 is 2.73 bits per heavy atom. The van der Waals surface area contributed by atoms with Crippen molar-refractivity contribution in [3.05, 3.63) is 53.1 Å². The van der Waals surface area contributed by atoms with Gasteiger partial charge in [0.25, 0.3) is 0 Å². The van der Waals surface area contributed by atoms with Crippen LogP contribution >= 0.6 is 12.2 Å². The number of hydrogen-bond donors (Lipinski definition) is 3. The van der Waals surface area contributed by atoms with E-state index in [1.165, 1.54) is 0 Å². The van der Waals surface area contributed by atoms with Gasteiger partial charge in [-0.3, -0.25) is 5.43 Å². The number of rotatable bonds is 2. The molecule has 136 valence electrons. The second-order valence-corrected chi connectivity index (χ2v) is 7.57. The third kappa shape index (κ3) is 4.14. The van der Waals surface area contributed by atoms with Crippen LogP contribution in [0.4, 0.5) is 5.69 Å². The Balaban J connectivity index is 1.80. The zero-order valence-corrected chi connectivity index (χ0v) is 16.2. The van der Waals surface area contributed by atoms with Crippen LogP contribution in [-0.2, 0) is 0 Å². The van der Waals surface area contributed by atoms with E-state index < -0.39 is 0 Å². The molecule has 3 N–H and O–H groups in total. The minimum absolute atomic E-state index is 0.177. The second-order valence-electron chi connectivity index (χ2n) is 7.16. The van der Waals surface area contributed by atoms with Crippen molar-refractivity contribution in [1.29, 1.82) is 0 Å². The van der Waals surface area contributed by atoms with Gasteiger partial charge in [-0.25, -0.2) is 0 Å². The van der Waals surface area contributed by atoms with Crippen molar-refractivity contribution in [3.63, 3.8) is 0 Å². The highest BCUT2D eigenvalue weighted by Crippen LogP contribution is 2.35. The summed E-state index contributed by atoms with van der Waals surface area (Å²) in [6.07, 6.45) is 0.600. The minimum Gasteiger partial charge on any atom is -0.508 e. The lowest BCUT2D eigenvalue weighted by Crippen LogP contribution is -2.37. The molecule has 2 aromatic carbocycles. The van der Waals surface area contributed by atoms with Crippen molar-refractivity contribution in [2.45, 2.75) is 39.7 Å². The Bertz CT molecular complexity index is 891. The first-order valence-electron chi connectivity index (χ1n) is 8.47. The molecule has 5 nitrogen and oxygen atoms in total. The zero-order valence-electron chi connectivity index (χ0n) is 15.4. The Hall–Kier alpha value is -2.60. The van der Waals surface area contributed by atoms with Crippen LogP contribution in [0.3, 0.4) is 0 Å². The number of nitrogens with one attached hydrogen (secondary N) is 2. The smallest absolute Gasteiger partial charge is 0.191 e. The number of thiocarbonyl (C=S) groups is 1. The van der Waals surface area contributed by atoms with Crippen LogP contribution in [0.15, 0.2) is 41.5 Å². The number of phenolic OH excluding ortho intramolecular Hbond substituents is 1. The fourth-order valence-corrected chi connectivity index (χ4v) is 3.06. The van der Waals surface area contributed by atoms with Crippen molar-refractivity contribution in [1.82, 2.24) is 5.43 Å². The van der Waals surface area contributed by atoms with E-state index >= 15 is 0 Å². The number of hydrogen-bond acceptors (Lipinski definition) is 4. The highest BCUT2D eigenvalue weighted by atomic mass is 32.1. The topological polar surface area (TPSA) is 65.9 Å². The van der Waals surface area contributed by atoms with Gasteiger partial charge in [0.1, 0.15) is 17.1 Å². The Labute approximate surface area is 159 Å². The molecule has 0 unspecified atom stereocenters. The van der Waals surface area contributed by atoms with Crippen LogP contribution in [0.1, 0.15) is 37.0 Å². The van der Waals surface area contributed by atoms with Gasteiger partial charge in [-0.15, -0.1) is 0 Å². The molecule has 2 aromatic rings. The molecular formula is C20H23N3O2S. The summed E-state index contributed by atoms with van der Waals surface area (Å²) >= 11 is 5.38. The number of ether oxygens (including phenoxy) is 1. The van der Waals surface area contributed by atoms with Crippen LogP contribution in [0, 0.1) is 13.8 Å². The quantitative estimate of drug-likeness (QED) is 0.545. The maximum Gasteiger partial charge on any atom is 0.191 e. The van der Waals surface area contributed by atoms with Crippen molar-refractivity contribution >= 4 is 28.7 Å². The van der Waals surface area contributed by atoms with E-state index in [1.807, 2.05) is 39.8 Å². The summed E-state index contributed by atoms with van der Waals surface area (Å²) in [5.74, 6) is 0.879. The van der Waals surface area contributed by atoms with E-state index in [1.54, 1.807) is 18.2 Å². The molecule has 26 heavy (non-hydrogen) atoms. The molecule has 0 atom stereocenters. The summed E-state index contributed by atoms with van der Waals surface area (Å²) in [5.41, 5.74) is 7.31. The molecule has 1 aliphatic rings. The number of phenols is 1. The molecule has 6 heteroatoms. The van der Waals surface area contributed by atoms with Crippen molar-refractivity contribution in [2.24, 2.45) is 5.10 Å². The van der Waals surface area contributed by atoms with E-state index in [0.29, 0.717) is 17.3 Å². The first-order chi connectivity index (χ1) is 12.2. The largest absolute Gasteiger partial charge is 0.508 e. The standard InChI is InChI=1S/C20H23N3O2S/c1-12-5-6-13(2)16(9-12)21-19(26)23-22-17-11-20(3,4)25-18-8-7-14(24)10-15(17)18/h5-10,24H,11H2,1-4H3,(H2,21,23,26)/b22-17+. The molecule has 0 saturated carbocycles. The molecule has 0 bridgehead atoms. The molecule has 0 radical (unpaired) electrons. The van der Waals surface area contributed by atoms with Gasteiger partial charge < -0.3 is 15.2 Å². The van der Waals surface area contributed by atoms with Crippen molar-refractivity contribution in [2.75, 3.05) is 5.32 Å². The first-order valence-corrected chi connectivity index (χ1v) is 8.87. The molecule has 0 spiro atoms. The number of anilines is 1. The van der Waals surface area contributed by atoms with Gasteiger partial charge in [0.05, 0.1) is 5.71 Å². The third-order valence-corrected chi connectivity index (χ3v) is 4.38. The third-order valence-electron chi connectivity index (χ3n) is 4.19. The van der Waals surface area contributed by atoms with E-state index in [-0.39, 0.29) is 11.4 Å². The molecule has 3 rings (SSSR count). The Morgan fingerprint density at radius 2 is 1.96 bits per heavy atom. The molecule has 0 aromatic heterocycles. The van der Waals surface area contributed by atoms with E-state index in [2.05, 4.69) is 21.9 Å². The van der Waals surface area contributed by atoms with Gasteiger partial charge in [0, 0.05) is 17.7 Å². The van der Waals surface area contributed by atoms with Gasteiger partial charge in [-0.2, -0.15) is 5.10 Å². The lowest BCUT2D eigenvalue weighted by atomic mass is 9.92. The predicted octanol–water partition coefficient (Wildman–Crippen LogP) is 4.26. The normalized spacial score (nSPS) is 16.5. The molecular weight excluding hydrogens is 346 g/mol. The number of aromatic hydroxyl groups is 1. The first kappa shape index (κ1) is 18.2. The van der Waals surface area contributed by atoms with Gasteiger partial charge in [-0.05, 0) is 75.3 Å². The van der Waals surface area contributed by atoms with E-state index in [0.717, 1.165) is 28.1 Å². The maximum atomic E-state index is 9.80. The van der Waals surface area contributed by atoms with Crippen LogP contribution in [0.5, 0.6) is 11.5 Å². The molecule has 1 aliphatic heterocycles. The van der Waals surface area contributed by atoms with Crippen LogP contribution in [0.25, 0.3) is 0 Å². The predicted molar refractivity (Wildman–Crippen MR) is 109 cm³/mol. The Kier molecular flexibility index (Phi) is 4.87. The van der Waals surface area contributed by atoms with E-state index in [9.17, 15) is 5.11 Å². The van der Waals surface area contributed by atoms with Crippen molar-refractivity contribution in [3.8, 4) is 11.5 Å². The van der Waals surface area contributed by atoms with Crippen molar-refractivity contribution < 1.29 is 9.84 Å². The monoisotopic (exact) mass is 369 g/mol. The highest BCUT2D eigenvalue weighted by Gasteiger charge is 2.31. The van der Waals surface area contributed by atoms with Crippen LogP contribution < -0.4 is 15.5 Å². The molecule has 0 saturated heterocycles. The summed E-state index contributed by atoms with van der Waals surface area (Å²) in [7, 11) is 0. The summed E-state index contributed by atoms with van der Waals surface area (Å²) in [5, 5.41) is 17.9. The average Bonchev–Trinajstić information content (AvgIpc) is 2.56. The van der Waals surface area contributed by atoms with Crippen LogP contribution in [0.2, 0.25) is 0 Å². The summed E-state index contributed by atoms with van der Waals surface area (Å²) in [6.45, 7) is 8.07. The van der Waals surface area contributed by atoms with Gasteiger partial charge in [-0.1, -0.05) is 12.1 Å². The zero-order chi connectivity index (χ0) is 18.9. The minimum atomic E-state index is -0.382. The van der Waals surface area contributed by atoms with Crippen LogP contribution in [-0.4, -0.2) is 21.5 Å². The lowest BCUT2D eigenvalue weighted by molar-refractivity contribution is 0.111. The lowest BCUT2D eigenvalue weighted by Gasteiger charge is -2.33. The fraction of sp³-hybridized carbons (Fsp3) is 0.300. The number of hydrazone groups is 1. The molecule has 0 aliphatic carbocycles. The molecule has 0 amide bonds. The highest BCUT2D eigenvalue weighted by molar-refractivity contribution is 7.80. The summed E-state index contributed by atoms with van der Waals surface area (Å²) in [4.78, 5) is 0. The average molecular weight is 369 g/mol. The van der Waals surface area contributed by atoms with Gasteiger partial charge >= 0.3 is 0 Å². The maximum absolute atomic E-state index is 9.80. The van der Waals surface area contributed by atoms with Gasteiger partial charge in [0.15, 0.2) is 5.11 Å². The number of benzene rings is 2. The molecule has 0 fully saturated rings. The van der Waals surface area contributed by atoms with E-state index in [4.69, 9.17) is 17.0 Å². The molecule has 1 heterocycles. The number of nitrogens with zero attached hydrogens (tertiary/aromatic N) is 1. The SMILES string of the molecule is Cc1ccc(C)c(NC(=S)N/N=C2\CC(C)(C)Oc3ccc(O)cc32)c1. The fourth-order valence-electron chi connectivity index (χ4n) is 2.90.